The summed E-state index contributed by atoms with van der Waals surface area (Å²) in [6.07, 6.45) is -2.51. The number of rotatable bonds is 6. The first-order valence-corrected chi connectivity index (χ1v) is 9.25. The summed E-state index contributed by atoms with van der Waals surface area (Å²) in [6.45, 7) is 3.68. The van der Waals surface area contributed by atoms with Crippen molar-refractivity contribution in [1.82, 2.24) is 0 Å². The lowest BCUT2D eigenvalue weighted by Gasteiger charge is -2.40. The van der Waals surface area contributed by atoms with Crippen LogP contribution < -0.4 is 0 Å². The van der Waals surface area contributed by atoms with E-state index < -0.39 is 36.4 Å². The summed E-state index contributed by atoms with van der Waals surface area (Å²) in [4.78, 5) is 24.2. The van der Waals surface area contributed by atoms with Crippen molar-refractivity contribution in [2.24, 2.45) is 0 Å². The number of hydrogen-bond donors (Lipinski definition) is 0. The number of benzene rings is 2. The Kier molecular flexibility index (Phi) is 6.79. The number of carbonyl (C=O) groups excluding carboxylic acids is 2. The molecule has 3 unspecified atom stereocenters. The third-order valence-electron chi connectivity index (χ3n) is 4.54. The smallest absolute Gasteiger partial charge is 0.338 e. The monoisotopic (exact) mass is 384 g/mol. The van der Waals surface area contributed by atoms with Gasteiger partial charge in [-0.2, -0.15) is 0 Å². The van der Waals surface area contributed by atoms with Crippen LogP contribution in [0, 0.1) is 0 Å². The van der Waals surface area contributed by atoms with Crippen LogP contribution in [0.4, 0.5) is 0 Å². The van der Waals surface area contributed by atoms with E-state index in [9.17, 15) is 9.59 Å². The highest BCUT2D eigenvalue weighted by molar-refractivity contribution is 5.89. The zero-order valence-corrected chi connectivity index (χ0v) is 15.9. The van der Waals surface area contributed by atoms with E-state index in [1.807, 2.05) is 36.4 Å². The van der Waals surface area contributed by atoms with Crippen LogP contribution in [0.5, 0.6) is 0 Å². The molecular formula is C22H24O6. The van der Waals surface area contributed by atoms with Gasteiger partial charge in [-0.3, -0.25) is 4.79 Å². The highest BCUT2D eigenvalue weighted by Crippen LogP contribution is 2.25. The normalized spacial score (nSPS) is 24.4. The van der Waals surface area contributed by atoms with Crippen molar-refractivity contribution in [3.8, 4) is 0 Å². The van der Waals surface area contributed by atoms with Gasteiger partial charge < -0.3 is 18.9 Å². The van der Waals surface area contributed by atoms with Gasteiger partial charge in [-0.1, -0.05) is 48.5 Å². The summed E-state index contributed by atoms with van der Waals surface area (Å²) in [7, 11) is 0. The van der Waals surface area contributed by atoms with Gasteiger partial charge in [-0.25, -0.2) is 4.79 Å². The van der Waals surface area contributed by atoms with Crippen LogP contribution in [0.3, 0.4) is 0 Å². The van der Waals surface area contributed by atoms with Gasteiger partial charge in [0.1, 0.15) is 6.10 Å². The maximum Gasteiger partial charge on any atom is 0.338 e. The summed E-state index contributed by atoms with van der Waals surface area (Å²) in [6, 6.07) is 18.3. The van der Waals surface area contributed by atoms with E-state index >= 15 is 0 Å². The van der Waals surface area contributed by atoms with Crippen LogP contribution >= 0.6 is 0 Å². The molecule has 148 valence electrons. The lowest BCUT2D eigenvalue weighted by molar-refractivity contribution is -0.215. The van der Waals surface area contributed by atoms with Crippen molar-refractivity contribution >= 4 is 11.9 Å². The largest absolute Gasteiger partial charge is 0.456 e. The molecule has 1 aliphatic rings. The molecule has 1 heterocycles. The Labute approximate surface area is 164 Å². The summed E-state index contributed by atoms with van der Waals surface area (Å²) in [5.41, 5.74) is 1.41. The van der Waals surface area contributed by atoms with Crippen LogP contribution in [0.1, 0.15) is 29.8 Å². The standard InChI is InChI=1S/C22H24O6/c1-15-20(28-22(24)18-11-7-4-8-12-18)21(27-16(2)23)19(14-25-15)26-13-17-9-5-3-6-10-17/h3-12,15,19-21H,13-14H2,1-2H3/t15?,19?,20-,21?/m1/s1. The van der Waals surface area contributed by atoms with E-state index in [0.717, 1.165) is 5.56 Å². The van der Waals surface area contributed by atoms with Crippen LogP contribution in [-0.2, 0) is 30.3 Å². The predicted molar refractivity (Wildman–Crippen MR) is 102 cm³/mol. The van der Waals surface area contributed by atoms with Crippen molar-refractivity contribution in [3.63, 3.8) is 0 Å². The summed E-state index contributed by atoms with van der Waals surface area (Å²) in [5, 5.41) is 0. The van der Waals surface area contributed by atoms with Gasteiger partial charge in [0, 0.05) is 6.92 Å². The predicted octanol–water partition coefficient (Wildman–Crippen LogP) is 3.15. The van der Waals surface area contributed by atoms with Crippen LogP contribution in [-0.4, -0.2) is 43.0 Å². The first-order chi connectivity index (χ1) is 13.5. The van der Waals surface area contributed by atoms with Gasteiger partial charge in [0.2, 0.25) is 0 Å². The van der Waals surface area contributed by atoms with Crippen molar-refractivity contribution in [3.05, 3.63) is 71.8 Å². The molecule has 0 spiro atoms. The molecule has 2 aromatic carbocycles. The molecule has 1 fully saturated rings. The number of esters is 2. The lowest BCUT2D eigenvalue weighted by Crippen LogP contribution is -2.56. The summed E-state index contributed by atoms with van der Waals surface area (Å²) >= 11 is 0. The minimum atomic E-state index is -0.772. The average molecular weight is 384 g/mol. The molecule has 3 rings (SSSR count). The van der Waals surface area contributed by atoms with Crippen LogP contribution in [0.2, 0.25) is 0 Å². The fourth-order valence-corrected chi connectivity index (χ4v) is 3.10. The number of carbonyl (C=O) groups is 2. The van der Waals surface area contributed by atoms with Crippen LogP contribution in [0.15, 0.2) is 60.7 Å². The molecule has 0 saturated carbocycles. The Hall–Kier alpha value is -2.70. The second-order valence-electron chi connectivity index (χ2n) is 6.68. The molecule has 0 N–H and O–H groups in total. The van der Waals surface area contributed by atoms with Gasteiger partial charge in [-0.15, -0.1) is 0 Å². The molecule has 4 atom stereocenters. The molecule has 1 aliphatic heterocycles. The van der Waals surface area contributed by atoms with E-state index in [0.29, 0.717) is 12.2 Å². The molecule has 28 heavy (non-hydrogen) atoms. The quantitative estimate of drug-likeness (QED) is 0.713. The molecule has 0 radical (unpaired) electrons. The van der Waals surface area contributed by atoms with Crippen LogP contribution in [0.25, 0.3) is 0 Å². The minimum Gasteiger partial charge on any atom is -0.456 e. The Balaban J connectivity index is 1.73. The summed E-state index contributed by atoms with van der Waals surface area (Å²) in [5.74, 6) is -0.963. The van der Waals surface area contributed by atoms with E-state index in [1.54, 1.807) is 31.2 Å². The Morgan fingerprint density at radius 1 is 0.964 bits per heavy atom. The van der Waals surface area contributed by atoms with E-state index in [4.69, 9.17) is 18.9 Å². The molecule has 6 heteroatoms. The van der Waals surface area contributed by atoms with Crippen molar-refractivity contribution < 1.29 is 28.5 Å². The summed E-state index contributed by atoms with van der Waals surface area (Å²) < 4.78 is 22.9. The molecular weight excluding hydrogens is 360 g/mol. The Morgan fingerprint density at radius 3 is 2.25 bits per heavy atom. The molecule has 0 aromatic heterocycles. The van der Waals surface area contributed by atoms with Crippen molar-refractivity contribution in [2.75, 3.05) is 6.61 Å². The molecule has 6 nitrogen and oxygen atoms in total. The lowest BCUT2D eigenvalue weighted by atomic mass is 10.00. The first kappa shape index (κ1) is 20.0. The maximum atomic E-state index is 12.5. The Bertz CT molecular complexity index is 776. The molecule has 1 saturated heterocycles. The van der Waals surface area contributed by atoms with Gasteiger partial charge in [0.15, 0.2) is 12.2 Å². The molecule has 0 aliphatic carbocycles. The van der Waals surface area contributed by atoms with E-state index in [2.05, 4.69) is 0 Å². The third kappa shape index (κ3) is 5.18. The first-order valence-electron chi connectivity index (χ1n) is 9.25. The third-order valence-corrected chi connectivity index (χ3v) is 4.54. The topological polar surface area (TPSA) is 71.1 Å². The van der Waals surface area contributed by atoms with Gasteiger partial charge in [-0.05, 0) is 24.6 Å². The Morgan fingerprint density at radius 2 is 1.61 bits per heavy atom. The molecule has 0 bridgehead atoms. The van der Waals surface area contributed by atoms with Crippen molar-refractivity contribution in [1.29, 1.82) is 0 Å². The highest BCUT2D eigenvalue weighted by Gasteiger charge is 2.44. The zero-order valence-electron chi connectivity index (χ0n) is 15.9. The fourth-order valence-electron chi connectivity index (χ4n) is 3.10. The number of ether oxygens (including phenoxy) is 4. The molecule has 2 aromatic rings. The SMILES string of the molecule is CC(=O)OC1C(OCc2ccccc2)COC(C)[C@H]1OC(=O)c1ccccc1. The fraction of sp³-hybridized carbons (Fsp3) is 0.364. The van der Waals surface area contributed by atoms with E-state index in [-0.39, 0.29) is 6.61 Å². The van der Waals surface area contributed by atoms with Gasteiger partial charge in [0.25, 0.3) is 0 Å². The second kappa shape index (κ2) is 9.48. The maximum absolute atomic E-state index is 12.5. The number of hydrogen-bond acceptors (Lipinski definition) is 6. The minimum absolute atomic E-state index is 0.241. The van der Waals surface area contributed by atoms with E-state index in [1.165, 1.54) is 6.92 Å². The second-order valence-corrected chi connectivity index (χ2v) is 6.68. The van der Waals surface area contributed by atoms with Crippen molar-refractivity contribution in [2.45, 2.75) is 44.9 Å². The van der Waals surface area contributed by atoms with Gasteiger partial charge in [0.05, 0.1) is 24.9 Å². The van der Waals surface area contributed by atoms with Gasteiger partial charge >= 0.3 is 11.9 Å². The average Bonchev–Trinajstić information content (AvgIpc) is 2.71. The highest BCUT2D eigenvalue weighted by atomic mass is 16.6. The molecule has 0 amide bonds. The zero-order chi connectivity index (χ0) is 19.9.